The molecule has 0 radical (unpaired) electrons. The van der Waals surface area contributed by atoms with E-state index < -0.39 is 6.10 Å². The number of amides is 1. The Bertz CT molecular complexity index is 828. The van der Waals surface area contributed by atoms with Crippen molar-refractivity contribution in [3.8, 4) is 11.5 Å². The van der Waals surface area contributed by atoms with E-state index in [1.807, 2.05) is 18.2 Å². The zero-order valence-corrected chi connectivity index (χ0v) is 19.3. The fraction of sp³-hybridized carbons (Fsp3) is 0.708. The van der Waals surface area contributed by atoms with Crippen molar-refractivity contribution in [3.05, 3.63) is 23.8 Å². The lowest BCUT2D eigenvalue weighted by Gasteiger charge is -2.39. The molecule has 1 heterocycles. The molecule has 2 aliphatic carbocycles. The quantitative estimate of drug-likeness (QED) is 0.656. The highest BCUT2D eigenvalue weighted by molar-refractivity contribution is 5.77. The van der Waals surface area contributed by atoms with Crippen molar-refractivity contribution in [1.29, 1.82) is 0 Å². The average molecular weight is 433 g/mol. The molecule has 1 aliphatic heterocycles. The second kappa shape index (κ2) is 8.26. The maximum Gasteiger partial charge on any atom is 0.233 e. The van der Waals surface area contributed by atoms with Crippen molar-refractivity contribution >= 4 is 5.91 Å². The first-order valence-corrected chi connectivity index (χ1v) is 11.2. The number of benzene rings is 1. The average Bonchev–Trinajstić information content (AvgIpc) is 3.33. The van der Waals surface area contributed by atoms with Gasteiger partial charge in [-0.1, -0.05) is 20.8 Å². The third-order valence-corrected chi connectivity index (χ3v) is 8.44. The summed E-state index contributed by atoms with van der Waals surface area (Å²) >= 11 is 0. The number of rotatable bonds is 8. The minimum absolute atomic E-state index is 0.0683. The Kier molecular flexibility index (Phi) is 5.96. The van der Waals surface area contributed by atoms with Crippen LogP contribution in [-0.2, 0) is 14.3 Å². The number of methoxy groups -OCH3 is 2. The van der Waals surface area contributed by atoms with E-state index in [1.54, 1.807) is 14.2 Å². The van der Waals surface area contributed by atoms with Crippen LogP contribution in [0.3, 0.4) is 0 Å². The Morgan fingerprint density at radius 2 is 2.06 bits per heavy atom. The normalized spacial score (nSPS) is 33.7. The predicted molar refractivity (Wildman–Crippen MR) is 117 cm³/mol. The standard InChI is InChI=1S/C24H36N2O5/c1-23(2)17-8-9-24(23,3)22-15(17)11-21(31-22)30-19(13-26-20(27)12-25)16-10-14(28-4)6-7-18(16)29-5/h6-7,10,15,17,19,21-22H,8-9,11-13,25H2,1-5H3,(H,26,27)/t15-,17-,19+,21-,22-,24+/m1/s1. The summed E-state index contributed by atoms with van der Waals surface area (Å²) in [6.07, 6.45) is 2.81. The zero-order chi connectivity index (χ0) is 22.4. The highest BCUT2D eigenvalue weighted by Gasteiger charge is 2.69. The number of carbonyl (C=O) groups excluding carboxylic acids is 1. The molecule has 6 atom stereocenters. The molecular weight excluding hydrogens is 396 g/mol. The number of fused-ring (bicyclic) bond motifs is 5. The van der Waals surface area contributed by atoms with E-state index in [4.69, 9.17) is 24.7 Å². The Labute approximate surface area is 184 Å². The maximum absolute atomic E-state index is 11.9. The summed E-state index contributed by atoms with van der Waals surface area (Å²) < 4.78 is 24.0. The summed E-state index contributed by atoms with van der Waals surface area (Å²) in [5.74, 6) is 2.33. The van der Waals surface area contributed by atoms with Crippen LogP contribution in [0.2, 0.25) is 0 Å². The Balaban J connectivity index is 1.55. The van der Waals surface area contributed by atoms with Gasteiger partial charge in [0.15, 0.2) is 6.29 Å². The van der Waals surface area contributed by atoms with Crippen LogP contribution in [0.1, 0.15) is 51.7 Å². The Morgan fingerprint density at radius 1 is 1.29 bits per heavy atom. The first-order chi connectivity index (χ1) is 14.7. The number of nitrogens with two attached hydrogens (primary N) is 1. The molecule has 31 heavy (non-hydrogen) atoms. The van der Waals surface area contributed by atoms with Gasteiger partial charge in [0.05, 0.1) is 26.9 Å². The zero-order valence-electron chi connectivity index (χ0n) is 19.3. The SMILES string of the molecule is COc1ccc(OC)c([C@H](CNC(=O)CN)O[C@H]2C[C@@H]3[C@H]4CC[C@@](C)([C@@H]3O2)C4(C)C)c1. The molecule has 1 saturated heterocycles. The minimum atomic E-state index is -0.442. The lowest BCUT2D eigenvalue weighted by atomic mass is 9.70. The summed E-state index contributed by atoms with van der Waals surface area (Å²) in [5, 5.41) is 2.85. The lowest BCUT2D eigenvalue weighted by Crippen LogP contribution is -2.38. The fourth-order valence-electron chi connectivity index (χ4n) is 6.36. The van der Waals surface area contributed by atoms with Crippen molar-refractivity contribution in [1.82, 2.24) is 5.32 Å². The molecule has 0 spiro atoms. The Morgan fingerprint density at radius 3 is 2.71 bits per heavy atom. The molecular formula is C24H36N2O5. The van der Waals surface area contributed by atoms with Crippen molar-refractivity contribution < 1.29 is 23.7 Å². The van der Waals surface area contributed by atoms with Crippen LogP contribution in [0.5, 0.6) is 11.5 Å². The van der Waals surface area contributed by atoms with Gasteiger partial charge in [-0.05, 0) is 53.7 Å². The highest BCUT2D eigenvalue weighted by atomic mass is 16.7. The molecule has 0 unspecified atom stereocenters. The molecule has 3 aliphatic rings. The van der Waals surface area contributed by atoms with Gasteiger partial charge in [0.25, 0.3) is 0 Å². The second-order valence-corrected chi connectivity index (χ2v) is 9.91. The van der Waals surface area contributed by atoms with Crippen LogP contribution in [-0.4, -0.2) is 45.6 Å². The molecule has 0 aromatic heterocycles. The smallest absolute Gasteiger partial charge is 0.233 e. The molecule has 2 saturated carbocycles. The molecule has 1 amide bonds. The van der Waals surface area contributed by atoms with Gasteiger partial charge in [-0.15, -0.1) is 0 Å². The molecule has 1 aromatic rings. The van der Waals surface area contributed by atoms with Gasteiger partial charge in [0.1, 0.15) is 17.6 Å². The molecule has 3 N–H and O–H groups in total. The summed E-state index contributed by atoms with van der Waals surface area (Å²) in [6.45, 7) is 7.38. The molecule has 7 nitrogen and oxygen atoms in total. The number of ether oxygens (including phenoxy) is 4. The van der Waals surface area contributed by atoms with Crippen LogP contribution in [0.25, 0.3) is 0 Å². The van der Waals surface area contributed by atoms with E-state index in [2.05, 4.69) is 26.1 Å². The van der Waals surface area contributed by atoms with Crippen LogP contribution in [0.4, 0.5) is 0 Å². The number of hydrogen-bond acceptors (Lipinski definition) is 6. The van der Waals surface area contributed by atoms with Gasteiger partial charge in [0, 0.05) is 18.5 Å². The van der Waals surface area contributed by atoms with Gasteiger partial charge >= 0.3 is 0 Å². The maximum atomic E-state index is 11.9. The van der Waals surface area contributed by atoms with Gasteiger partial charge in [-0.2, -0.15) is 0 Å². The summed E-state index contributed by atoms with van der Waals surface area (Å²) in [5.41, 5.74) is 6.76. The minimum Gasteiger partial charge on any atom is -0.497 e. The van der Waals surface area contributed by atoms with Crippen LogP contribution in [0.15, 0.2) is 18.2 Å². The van der Waals surface area contributed by atoms with E-state index in [9.17, 15) is 4.79 Å². The molecule has 7 heteroatoms. The molecule has 3 fully saturated rings. The number of hydrogen-bond donors (Lipinski definition) is 2. The van der Waals surface area contributed by atoms with E-state index >= 15 is 0 Å². The van der Waals surface area contributed by atoms with Crippen molar-refractivity contribution in [3.63, 3.8) is 0 Å². The third-order valence-electron chi connectivity index (χ3n) is 8.44. The van der Waals surface area contributed by atoms with Crippen LogP contribution >= 0.6 is 0 Å². The van der Waals surface area contributed by atoms with Gasteiger partial charge < -0.3 is 30.0 Å². The van der Waals surface area contributed by atoms with Gasteiger partial charge in [-0.3, -0.25) is 4.79 Å². The summed E-state index contributed by atoms with van der Waals surface area (Å²) in [6, 6.07) is 5.58. The van der Waals surface area contributed by atoms with E-state index in [0.29, 0.717) is 23.3 Å². The largest absolute Gasteiger partial charge is 0.497 e. The van der Waals surface area contributed by atoms with Gasteiger partial charge in [0.2, 0.25) is 5.91 Å². The van der Waals surface area contributed by atoms with Crippen molar-refractivity contribution in [2.45, 2.75) is 58.5 Å². The molecule has 1 aromatic carbocycles. The fourth-order valence-corrected chi connectivity index (χ4v) is 6.36. The summed E-state index contributed by atoms with van der Waals surface area (Å²) in [4.78, 5) is 11.9. The second-order valence-electron chi connectivity index (χ2n) is 9.91. The Hall–Kier alpha value is -1.83. The van der Waals surface area contributed by atoms with Crippen LogP contribution in [0, 0.1) is 22.7 Å². The first kappa shape index (κ1) is 22.4. The van der Waals surface area contributed by atoms with E-state index in [0.717, 1.165) is 12.0 Å². The monoisotopic (exact) mass is 432 g/mol. The van der Waals surface area contributed by atoms with Crippen LogP contribution < -0.4 is 20.5 Å². The first-order valence-electron chi connectivity index (χ1n) is 11.2. The van der Waals surface area contributed by atoms with Crippen molar-refractivity contribution in [2.75, 3.05) is 27.3 Å². The molecule has 4 rings (SSSR count). The lowest BCUT2D eigenvalue weighted by molar-refractivity contribution is -0.187. The predicted octanol–water partition coefficient (Wildman–Crippen LogP) is 3.02. The molecule has 2 bridgehead atoms. The topological polar surface area (TPSA) is 92.0 Å². The van der Waals surface area contributed by atoms with E-state index in [-0.39, 0.29) is 42.2 Å². The highest BCUT2D eigenvalue weighted by Crippen LogP contribution is 2.71. The summed E-state index contributed by atoms with van der Waals surface area (Å²) in [7, 11) is 3.25. The molecule has 172 valence electrons. The van der Waals surface area contributed by atoms with Crippen molar-refractivity contribution in [2.24, 2.45) is 28.4 Å². The van der Waals surface area contributed by atoms with E-state index in [1.165, 1.54) is 12.8 Å². The number of nitrogens with one attached hydrogen (secondary N) is 1. The van der Waals surface area contributed by atoms with Gasteiger partial charge in [-0.25, -0.2) is 0 Å². The number of carbonyl (C=O) groups is 1. The third kappa shape index (κ3) is 3.60.